The number of likely N-dealkylation sites (tertiary alicyclic amines) is 1. The molecule has 0 bridgehead atoms. The molecule has 0 saturated carbocycles. The summed E-state index contributed by atoms with van der Waals surface area (Å²) in [6.45, 7) is 1.41. The number of carboxylic acid groups (broad SMARTS) is 1. The van der Waals surface area contributed by atoms with Crippen molar-refractivity contribution in [1.82, 2.24) is 10.2 Å². The van der Waals surface area contributed by atoms with E-state index in [0.717, 1.165) is 0 Å². The number of hydrogen-bond acceptors (Lipinski definition) is 3. The number of carbonyl (C=O) groups is 2. The minimum Gasteiger partial charge on any atom is -0.492 e. The maximum atomic E-state index is 12.9. The fourth-order valence-corrected chi connectivity index (χ4v) is 2.32. The van der Waals surface area contributed by atoms with Gasteiger partial charge < -0.3 is 20.1 Å². The van der Waals surface area contributed by atoms with Crippen molar-refractivity contribution >= 4 is 12.0 Å². The minimum absolute atomic E-state index is 0.230. The Hall–Kier alpha value is -2.31. The number of halogens is 1. The van der Waals surface area contributed by atoms with E-state index in [1.54, 1.807) is 17.0 Å². The monoisotopic (exact) mass is 310 g/mol. The number of carboxylic acids is 1. The van der Waals surface area contributed by atoms with Gasteiger partial charge in [-0.1, -0.05) is 6.07 Å². The van der Waals surface area contributed by atoms with Crippen LogP contribution in [0.25, 0.3) is 0 Å². The lowest BCUT2D eigenvalue weighted by atomic mass is 9.97. The molecule has 120 valence electrons. The molecule has 1 fully saturated rings. The first-order valence-electron chi connectivity index (χ1n) is 7.20. The number of nitrogens with zero attached hydrogens (tertiary/aromatic N) is 1. The summed E-state index contributed by atoms with van der Waals surface area (Å²) in [6.07, 6.45) is 0.949. The van der Waals surface area contributed by atoms with Gasteiger partial charge in [-0.2, -0.15) is 0 Å². The fourth-order valence-electron chi connectivity index (χ4n) is 2.32. The van der Waals surface area contributed by atoms with Crippen molar-refractivity contribution < 1.29 is 23.8 Å². The molecule has 0 aromatic heterocycles. The normalized spacial score (nSPS) is 15.4. The minimum atomic E-state index is -0.802. The average molecular weight is 310 g/mol. The SMILES string of the molecule is O=C(O)C1CCN(C(=O)NCCOc2cccc(F)c2)CC1. The number of benzene rings is 1. The number of nitrogens with one attached hydrogen (secondary N) is 1. The first kappa shape index (κ1) is 16.1. The van der Waals surface area contributed by atoms with E-state index in [0.29, 0.717) is 38.2 Å². The molecule has 0 radical (unpaired) electrons. The zero-order chi connectivity index (χ0) is 15.9. The maximum Gasteiger partial charge on any atom is 0.317 e. The van der Waals surface area contributed by atoms with Crippen molar-refractivity contribution in [2.24, 2.45) is 5.92 Å². The van der Waals surface area contributed by atoms with Gasteiger partial charge in [0.2, 0.25) is 0 Å². The molecule has 0 unspecified atom stereocenters. The van der Waals surface area contributed by atoms with E-state index in [4.69, 9.17) is 9.84 Å². The lowest BCUT2D eigenvalue weighted by Gasteiger charge is -2.30. The molecule has 6 nitrogen and oxygen atoms in total. The molecule has 1 saturated heterocycles. The van der Waals surface area contributed by atoms with Crippen molar-refractivity contribution in [3.05, 3.63) is 30.1 Å². The van der Waals surface area contributed by atoms with Gasteiger partial charge >= 0.3 is 12.0 Å². The van der Waals surface area contributed by atoms with Gasteiger partial charge in [-0.25, -0.2) is 9.18 Å². The van der Waals surface area contributed by atoms with Crippen LogP contribution in [0.15, 0.2) is 24.3 Å². The van der Waals surface area contributed by atoms with Crippen LogP contribution in [0.3, 0.4) is 0 Å². The quantitative estimate of drug-likeness (QED) is 0.812. The summed E-state index contributed by atoms with van der Waals surface area (Å²) >= 11 is 0. The Morgan fingerprint density at radius 1 is 1.36 bits per heavy atom. The molecule has 2 amide bonds. The Kier molecular flexibility index (Phi) is 5.57. The number of amides is 2. The van der Waals surface area contributed by atoms with Crippen LogP contribution in [-0.4, -0.2) is 48.2 Å². The molecule has 7 heteroatoms. The van der Waals surface area contributed by atoms with Crippen LogP contribution < -0.4 is 10.1 Å². The number of rotatable bonds is 5. The van der Waals surface area contributed by atoms with Gasteiger partial charge in [-0.15, -0.1) is 0 Å². The Morgan fingerprint density at radius 3 is 2.73 bits per heavy atom. The predicted octanol–water partition coefficient (Wildman–Crippen LogP) is 1.71. The van der Waals surface area contributed by atoms with Gasteiger partial charge in [0, 0.05) is 19.2 Å². The highest BCUT2D eigenvalue weighted by atomic mass is 19.1. The van der Waals surface area contributed by atoms with Crippen LogP contribution in [0, 0.1) is 11.7 Å². The second kappa shape index (κ2) is 7.63. The third-order valence-electron chi connectivity index (χ3n) is 3.57. The first-order chi connectivity index (χ1) is 10.6. The third kappa shape index (κ3) is 4.61. The lowest BCUT2D eigenvalue weighted by Crippen LogP contribution is -2.46. The Bertz CT molecular complexity index is 530. The number of piperidine rings is 1. The van der Waals surface area contributed by atoms with Crippen molar-refractivity contribution in [2.75, 3.05) is 26.2 Å². The molecule has 0 atom stereocenters. The highest BCUT2D eigenvalue weighted by molar-refractivity contribution is 5.75. The van der Waals surface area contributed by atoms with Crippen LogP contribution in [0.5, 0.6) is 5.75 Å². The molecular formula is C15H19FN2O4. The topological polar surface area (TPSA) is 78.9 Å². The van der Waals surface area contributed by atoms with Crippen molar-refractivity contribution in [3.8, 4) is 5.75 Å². The van der Waals surface area contributed by atoms with Gasteiger partial charge in [-0.05, 0) is 25.0 Å². The molecule has 0 aliphatic carbocycles. The number of aliphatic carboxylic acids is 1. The lowest BCUT2D eigenvalue weighted by molar-refractivity contribution is -0.143. The van der Waals surface area contributed by atoms with Gasteiger partial charge in [0.1, 0.15) is 18.2 Å². The molecule has 22 heavy (non-hydrogen) atoms. The molecule has 1 aromatic rings. The maximum absolute atomic E-state index is 12.9. The second-order valence-electron chi connectivity index (χ2n) is 5.14. The van der Waals surface area contributed by atoms with E-state index in [1.807, 2.05) is 0 Å². The molecule has 1 heterocycles. The largest absolute Gasteiger partial charge is 0.492 e. The van der Waals surface area contributed by atoms with E-state index >= 15 is 0 Å². The van der Waals surface area contributed by atoms with E-state index < -0.39 is 5.97 Å². The summed E-state index contributed by atoms with van der Waals surface area (Å²) in [5.74, 6) is -1.12. The van der Waals surface area contributed by atoms with Crippen LogP contribution in [0.4, 0.5) is 9.18 Å². The molecule has 1 aromatic carbocycles. The van der Waals surface area contributed by atoms with E-state index in [9.17, 15) is 14.0 Å². The average Bonchev–Trinajstić information content (AvgIpc) is 2.51. The predicted molar refractivity (Wildman–Crippen MR) is 77.2 cm³/mol. The standard InChI is InChI=1S/C15H19FN2O4/c16-12-2-1-3-13(10-12)22-9-6-17-15(21)18-7-4-11(5-8-18)14(19)20/h1-3,10-11H,4-9H2,(H,17,21)(H,19,20). The second-order valence-corrected chi connectivity index (χ2v) is 5.14. The molecule has 1 aliphatic rings. The fraction of sp³-hybridized carbons (Fsp3) is 0.467. The summed E-state index contributed by atoms with van der Waals surface area (Å²) in [5.41, 5.74) is 0. The zero-order valence-electron chi connectivity index (χ0n) is 12.1. The van der Waals surface area contributed by atoms with E-state index in [2.05, 4.69) is 5.32 Å². The molecular weight excluding hydrogens is 291 g/mol. The first-order valence-corrected chi connectivity index (χ1v) is 7.20. The summed E-state index contributed by atoms with van der Waals surface area (Å²) in [4.78, 5) is 24.3. The van der Waals surface area contributed by atoms with Crippen LogP contribution in [0.2, 0.25) is 0 Å². The van der Waals surface area contributed by atoms with E-state index in [1.165, 1.54) is 12.1 Å². The summed E-state index contributed by atoms with van der Waals surface area (Å²) in [5, 5.41) is 11.6. The summed E-state index contributed by atoms with van der Waals surface area (Å²) < 4.78 is 18.3. The number of ether oxygens (including phenoxy) is 1. The highest BCUT2D eigenvalue weighted by Crippen LogP contribution is 2.17. The molecule has 2 N–H and O–H groups in total. The number of urea groups is 1. The third-order valence-corrected chi connectivity index (χ3v) is 3.57. The molecule has 2 rings (SSSR count). The van der Waals surface area contributed by atoms with Gasteiger partial charge in [-0.3, -0.25) is 4.79 Å². The number of carbonyl (C=O) groups excluding carboxylic acids is 1. The van der Waals surface area contributed by atoms with Crippen LogP contribution in [0.1, 0.15) is 12.8 Å². The van der Waals surface area contributed by atoms with Gasteiger partial charge in [0.25, 0.3) is 0 Å². The smallest absolute Gasteiger partial charge is 0.317 e. The van der Waals surface area contributed by atoms with E-state index in [-0.39, 0.29) is 24.4 Å². The van der Waals surface area contributed by atoms with Crippen molar-refractivity contribution in [1.29, 1.82) is 0 Å². The van der Waals surface area contributed by atoms with Gasteiger partial charge in [0.15, 0.2) is 0 Å². The molecule has 0 spiro atoms. The zero-order valence-corrected chi connectivity index (χ0v) is 12.1. The van der Waals surface area contributed by atoms with Crippen LogP contribution in [-0.2, 0) is 4.79 Å². The Morgan fingerprint density at radius 2 is 2.09 bits per heavy atom. The van der Waals surface area contributed by atoms with Crippen LogP contribution >= 0.6 is 0 Å². The highest BCUT2D eigenvalue weighted by Gasteiger charge is 2.26. The van der Waals surface area contributed by atoms with Gasteiger partial charge in [0.05, 0.1) is 12.5 Å². The van der Waals surface area contributed by atoms with Crippen molar-refractivity contribution in [3.63, 3.8) is 0 Å². The van der Waals surface area contributed by atoms with Crippen molar-refractivity contribution in [2.45, 2.75) is 12.8 Å². The Balaban J connectivity index is 1.65. The Labute approximate surface area is 127 Å². The number of hydrogen-bond donors (Lipinski definition) is 2. The summed E-state index contributed by atoms with van der Waals surface area (Å²) in [7, 11) is 0. The molecule has 1 aliphatic heterocycles. The summed E-state index contributed by atoms with van der Waals surface area (Å²) in [6, 6.07) is 5.57.